The molecular formula is C17H18O3S. The molecule has 0 aliphatic heterocycles. The number of hydrogen-bond donors (Lipinski definition) is 1. The third-order valence-corrected chi connectivity index (χ3v) is 4.48. The topological polar surface area (TPSA) is 46.5 Å². The fraction of sp³-hybridized carbons (Fsp3) is 0.235. The second kappa shape index (κ2) is 6.68. The molecule has 0 aliphatic carbocycles. The van der Waals surface area contributed by atoms with Gasteiger partial charge in [0.2, 0.25) is 0 Å². The Labute approximate surface area is 129 Å². The van der Waals surface area contributed by atoms with Crippen molar-refractivity contribution >= 4 is 17.7 Å². The van der Waals surface area contributed by atoms with Gasteiger partial charge in [0, 0.05) is 10.6 Å². The molecule has 3 nitrogen and oxygen atoms in total. The van der Waals surface area contributed by atoms with Crippen LogP contribution in [-0.2, 0) is 10.5 Å². The Morgan fingerprint density at radius 3 is 2.52 bits per heavy atom. The maximum atomic E-state index is 11.9. The van der Waals surface area contributed by atoms with E-state index in [1.807, 2.05) is 43.3 Å². The van der Waals surface area contributed by atoms with Crippen LogP contribution in [0.4, 0.5) is 0 Å². The first-order valence-electron chi connectivity index (χ1n) is 6.62. The third kappa shape index (κ3) is 3.39. The molecule has 21 heavy (non-hydrogen) atoms. The number of carbonyl (C=O) groups is 1. The van der Waals surface area contributed by atoms with Crippen LogP contribution in [0.25, 0.3) is 0 Å². The Morgan fingerprint density at radius 1 is 1.24 bits per heavy atom. The van der Waals surface area contributed by atoms with E-state index in [-0.39, 0.29) is 11.3 Å². The molecular weight excluding hydrogens is 284 g/mol. The average Bonchev–Trinajstić information content (AvgIpc) is 2.51. The van der Waals surface area contributed by atoms with Crippen molar-refractivity contribution in [1.82, 2.24) is 0 Å². The summed E-state index contributed by atoms with van der Waals surface area (Å²) in [6, 6.07) is 11.9. The molecule has 4 heteroatoms. The number of carbonyl (C=O) groups excluding carboxylic acids is 1. The number of thioether (sulfide) groups is 1. The van der Waals surface area contributed by atoms with Crippen LogP contribution < -0.4 is 0 Å². The van der Waals surface area contributed by atoms with Gasteiger partial charge < -0.3 is 9.84 Å². The minimum Gasteiger partial charge on any atom is -0.507 e. The molecule has 1 N–H and O–H groups in total. The van der Waals surface area contributed by atoms with E-state index in [1.54, 1.807) is 18.7 Å². The van der Waals surface area contributed by atoms with E-state index >= 15 is 0 Å². The fourth-order valence-electron chi connectivity index (χ4n) is 2.09. The van der Waals surface area contributed by atoms with E-state index in [9.17, 15) is 9.90 Å². The molecule has 0 fully saturated rings. The summed E-state index contributed by atoms with van der Waals surface area (Å²) in [7, 11) is 1.32. The summed E-state index contributed by atoms with van der Waals surface area (Å²) in [6.45, 7) is 3.72. The predicted octanol–water partition coefficient (Wildman–Crippen LogP) is 4.09. The highest BCUT2D eigenvalue weighted by Gasteiger charge is 2.20. The molecule has 0 spiro atoms. The SMILES string of the molecule is COC(=O)c1c(CSc2ccccc2)cc(C)c(C)c1O. The summed E-state index contributed by atoms with van der Waals surface area (Å²) < 4.78 is 4.80. The van der Waals surface area contributed by atoms with Crippen molar-refractivity contribution in [3.8, 4) is 5.75 Å². The minimum absolute atomic E-state index is 0.0190. The lowest BCUT2D eigenvalue weighted by atomic mass is 9.99. The highest BCUT2D eigenvalue weighted by atomic mass is 32.2. The smallest absolute Gasteiger partial charge is 0.341 e. The first-order chi connectivity index (χ1) is 10.0. The predicted molar refractivity (Wildman–Crippen MR) is 84.9 cm³/mol. The number of phenolic OH excluding ortho intramolecular Hbond substituents is 1. The molecule has 0 heterocycles. The van der Waals surface area contributed by atoms with Crippen molar-refractivity contribution in [3.63, 3.8) is 0 Å². The number of hydrogen-bond acceptors (Lipinski definition) is 4. The zero-order valence-corrected chi connectivity index (χ0v) is 13.2. The number of methoxy groups -OCH3 is 1. The van der Waals surface area contributed by atoms with Gasteiger partial charge in [-0.25, -0.2) is 4.79 Å². The summed E-state index contributed by atoms with van der Waals surface area (Å²) in [4.78, 5) is 13.1. The third-order valence-electron chi connectivity index (χ3n) is 3.42. The molecule has 0 atom stereocenters. The number of ether oxygens (including phenoxy) is 1. The second-order valence-electron chi connectivity index (χ2n) is 4.79. The summed E-state index contributed by atoms with van der Waals surface area (Å²) in [5.41, 5.74) is 2.73. The van der Waals surface area contributed by atoms with E-state index in [1.165, 1.54) is 7.11 Å². The molecule has 0 radical (unpaired) electrons. The summed E-state index contributed by atoms with van der Waals surface area (Å²) in [5.74, 6) is 0.119. The van der Waals surface area contributed by atoms with Gasteiger partial charge in [0.25, 0.3) is 0 Å². The van der Waals surface area contributed by atoms with E-state index < -0.39 is 5.97 Å². The second-order valence-corrected chi connectivity index (χ2v) is 5.84. The van der Waals surface area contributed by atoms with Crippen molar-refractivity contribution < 1.29 is 14.6 Å². The molecule has 0 bridgehead atoms. The Morgan fingerprint density at radius 2 is 1.90 bits per heavy atom. The Hall–Kier alpha value is -1.94. The molecule has 0 aromatic heterocycles. The van der Waals surface area contributed by atoms with Crippen LogP contribution in [0.15, 0.2) is 41.3 Å². The number of aromatic hydroxyl groups is 1. The zero-order valence-electron chi connectivity index (χ0n) is 12.3. The van der Waals surface area contributed by atoms with Gasteiger partial charge in [-0.1, -0.05) is 24.3 Å². The molecule has 2 aromatic carbocycles. The van der Waals surface area contributed by atoms with E-state index in [4.69, 9.17) is 4.74 Å². The van der Waals surface area contributed by atoms with Crippen molar-refractivity contribution in [2.75, 3.05) is 7.11 Å². The first-order valence-corrected chi connectivity index (χ1v) is 7.61. The van der Waals surface area contributed by atoms with Gasteiger partial charge in [-0.15, -0.1) is 11.8 Å². The fourth-order valence-corrected chi connectivity index (χ4v) is 2.99. The number of rotatable bonds is 4. The summed E-state index contributed by atoms with van der Waals surface area (Å²) in [5, 5.41) is 10.2. The van der Waals surface area contributed by atoms with Crippen molar-refractivity contribution in [1.29, 1.82) is 0 Å². The van der Waals surface area contributed by atoms with Gasteiger partial charge in [0.15, 0.2) is 0 Å². The molecule has 0 unspecified atom stereocenters. The number of benzene rings is 2. The van der Waals surface area contributed by atoms with Crippen LogP contribution in [0.1, 0.15) is 27.0 Å². The Balaban J connectivity index is 2.35. The van der Waals surface area contributed by atoms with Crippen molar-refractivity contribution in [2.45, 2.75) is 24.5 Å². The largest absolute Gasteiger partial charge is 0.507 e. The maximum Gasteiger partial charge on any atom is 0.341 e. The summed E-state index contributed by atoms with van der Waals surface area (Å²) in [6.07, 6.45) is 0. The molecule has 110 valence electrons. The molecule has 0 saturated heterocycles. The highest BCUT2D eigenvalue weighted by Crippen LogP contribution is 2.33. The number of esters is 1. The lowest BCUT2D eigenvalue weighted by molar-refractivity contribution is 0.0596. The van der Waals surface area contributed by atoms with Gasteiger partial charge in [-0.2, -0.15) is 0 Å². The zero-order chi connectivity index (χ0) is 15.4. The minimum atomic E-state index is -0.501. The lowest BCUT2D eigenvalue weighted by Gasteiger charge is -2.14. The average molecular weight is 302 g/mol. The molecule has 0 aliphatic rings. The van der Waals surface area contributed by atoms with Crippen molar-refractivity contribution in [2.24, 2.45) is 0 Å². The van der Waals surface area contributed by atoms with Crippen LogP contribution in [0, 0.1) is 13.8 Å². The van der Waals surface area contributed by atoms with Crippen LogP contribution in [0.3, 0.4) is 0 Å². The van der Waals surface area contributed by atoms with E-state index in [0.717, 1.165) is 16.0 Å². The molecule has 2 aromatic rings. The Bertz CT molecular complexity index is 651. The van der Waals surface area contributed by atoms with Crippen LogP contribution >= 0.6 is 11.8 Å². The lowest BCUT2D eigenvalue weighted by Crippen LogP contribution is -2.07. The first kappa shape index (κ1) is 15.4. The monoisotopic (exact) mass is 302 g/mol. The van der Waals surface area contributed by atoms with Crippen LogP contribution in [-0.4, -0.2) is 18.2 Å². The van der Waals surface area contributed by atoms with Gasteiger partial charge in [-0.3, -0.25) is 0 Å². The molecule has 2 rings (SSSR count). The standard InChI is InChI=1S/C17H18O3S/c1-11-9-13(10-21-14-7-5-4-6-8-14)15(17(19)20-3)16(18)12(11)2/h4-9,18H,10H2,1-3H3. The van der Waals surface area contributed by atoms with E-state index in [2.05, 4.69) is 0 Å². The quantitative estimate of drug-likeness (QED) is 0.682. The normalized spacial score (nSPS) is 10.4. The molecule has 0 saturated carbocycles. The highest BCUT2D eigenvalue weighted by molar-refractivity contribution is 7.98. The van der Waals surface area contributed by atoms with E-state index in [0.29, 0.717) is 11.3 Å². The van der Waals surface area contributed by atoms with Crippen molar-refractivity contribution in [3.05, 3.63) is 58.7 Å². The maximum absolute atomic E-state index is 11.9. The van der Waals surface area contributed by atoms with Gasteiger partial charge in [-0.05, 0) is 42.7 Å². The Kier molecular flexibility index (Phi) is 4.91. The number of phenols is 1. The van der Waals surface area contributed by atoms with Crippen LogP contribution in [0.2, 0.25) is 0 Å². The molecule has 0 amide bonds. The van der Waals surface area contributed by atoms with Gasteiger partial charge >= 0.3 is 5.97 Å². The van der Waals surface area contributed by atoms with Gasteiger partial charge in [0.1, 0.15) is 11.3 Å². The van der Waals surface area contributed by atoms with Crippen LogP contribution in [0.5, 0.6) is 5.75 Å². The number of aryl methyl sites for hydroxylation is 1. The van der Waals surface area contributed by atoms with Gasteiger partial charge in [0.05, 0.1) is 7.11 Å². The summed E-state index contributed by atoms with van der Waals surface area (Å²) >= 11 is 1.62.